The van der Waals surface area contributed by atoms with Gasteiger partial charge < -0.3 is 15.2 Å². The summed E-state index contributed by atoms with van der Waals surface area (Å²) >= 11 is 7.98. The van der Waals surface area contributed by atoms with Gasteiger partial charge in [-0.3, -0.25) is 0 Å². The van der Waals surface area contributed by atoms with Gasteiger partial charge in [0.1, 0.15) is 0 Å². The van der Waals surface area contributed by atoms with Crippen LogP contribution in [0.25, 0.3) is 10.9 Å². The van der Waals surface area contributed by atoms with Gasteiger partial charge in [-0.15, -0.1) is 0 Å². The average molecular weight is 391 g/mol. The van der Waals surface area contributed by atoms with Crippen LogP contribution in [0.1, 0.15) is 12.5 Å². The minimum Gasteiger partial charge on any atom is -0.493 e. The standard InChI is InChI=1S/C19H20ClN3O2S/c1-4-26-19-22-15-10-17(25-3)16(24-2)9-13(15)18(21)23(19)11-12-7-5-6-8-14(12)20/h5-10,21H,4,11H2,1-3H3/p+1. The van der Waals surface area contributed by atoms with Gasteiger partial charge in [0.15, 0.2) is 17.0 Å². The fraction of sp³-hybridized carbons (Fsp3) is 0.263. The van der Waals surface area contributed by atoms with Crippen molar-refractivity contribution in [3.63, 3.8) is 0 Å². The van der Waals surface area contributed by atoms with Crippen molar-refractivity contribution in [2.75, 3.05) is 25.7 Å². The van der Waals surface area contributed by atoms with Crippen molar-refractivity contribution in [3.05, 3.63) is 47.0 Å². The van der Waals surface area contributed by atoms with E-state index >= 15 is 0 Å². The number of rotatable bonds is 6. The number of nitrogens with zero attached hydrogens (tertiary/aromatic N) is 2. The highest BCUT2D eigenvalue weighted by Crippen LogP contribution is 2.34. The molecule has 2 N–H and O–H groups in total. The van der Waals surface area contributed by atoms with Crippen LogP contribution in [0.2, 0.25) is 5.02 Å². The van der Waals surface area contributed by atoms with Crippen molar-refractivity contribution in [1.82, 2.24) is 4.98 Å². The van der Waals surface area contributed by atoms with Gasteiger partial charge >= 0.3 is 0 Å². The van der Waals surface area contributed by atoms with Crippen LogP contribution in [0.3, 0.4) is 0 Å². The molecule has 0 spiro atoms. The van der Waals surface area contributed by atoms with Crippen LogP contribution >= 0.6 is 23.4 Å². The molecule has 0 aliphatic rings. The Morgan fingerprint density at radius 2 is 1.85 bits per heavy atom. The Hall–Kier alpha value is -2.18. The number of thioether (sulfide) groups is 1. The highest BCUT2D eigenvalue weighted by molar-refractivity contribution is 7.99. The number of methoxy groups -OCH3 is 2. The van der Waals surface area contributed by atoms with Gasteiger partial charge in [0.25, 0.3) is 5.16 Å². The summed E-state index contributed by atoms with van der Waals surface area (Å²) in [7, 11) is 3.21. The molecule has 0 atom stereocenters. The zero-order chi connectivity index (χ0) is 18.7. The van der Waals surface area contributed by atoms with Crippen LogP contribution in [0.5, 0.6) is 11.5 Å². The lowest BCUT2D eigenvalue weighted by Gasteiger charge is -2.13. The number of benzene rings is 2. The van der Waals surface area contributed by atoms with E-state index in [1.807, 2.05) is 41.0 Å². The number of anilines is 1. The molecule has 3 rings (SSSR count). The molecule has 0 saturated carbocycles. The number of ether oxygens (including phenoxy) is 2. The number of hydrogen-bond acceptors (Lipinski definition) is 5. The highest BCUT2D eigenvalue weighted by atomic mass is 35.5. The Kier molecular flexibility index (Phi) is 5.74. The van der Waals surface area contributed by atoms with Gasteiger partial charge in [-0.25, -0.2) is 4.57 Å². The molecule has 5 nitrogen and oxygen atoms in total. The molecule has 7 heteroatoms. The third-order valence-electron chi connectivity index (χ3n) is 4.08. The maximum Gasteiger partial charge on any atom is 0.299 e. The molecule has 0 saturated heterocycles. The minimum absolute atomic E-state index is 0.547. The molecule has 0 amide bonds. The molecular weight excluding hydrogens is 370 g/mol. The number of hydrogen-bond donors (Lipinski definition) is 1. The summed E-state index contributed by atoms with van der Waals surface area (Å²) in [6.07, 6.45) is 0. The van der Waals surface area contributed by atoms with Gasteiger partial charge in [0.2, 0.25) is 5.82 Å². The van der Waals surface area contributed by atoms with Gasteiger partial charge in [0.05, 0.1) is 26.2 Å². The molecule has 0 unspecified atom stereocenters. The Morgan fingerprint density at radius 3 is 2.50 bits per heavy atom. The molecule has 2 aromatic carbocycles. The molecule has 0 fully saturated rings. The van der Waals surface area contributed by atoms with E-state index in [0.29, 0.717) is 28.9 Å². The molecule has 136 valence electrons. The second-order valence-electron chi connectivity index (χ2n) is 5.61. The predicted octanol–water partition coefficient (Wildman–Crippen LogP) is 3.94. The van der Waals surface area contributed by atoms with Gasteiger partial charge in [-0.2, -0.15) is 0 Å². The molecule has 0 aliphatic heterocycles. The lowest BCUT2D eigenvalue weighted by molar-refractivity contribution is -0.713. The Bertz CT molecular complexity index is 950. The van der Waals surface area contributed by atoms with Crippen molar-refractivity contribution < 1.29 is 14.0 Å². The first-order valence-electron chi connectivity index (χ1n) is 8.20. The summed E-state index contributed by atoms with van der Waals surface area (Å²) in [5.74, 6) is 2.75. The minimum atomic E-state index is 0.547. The smallest absolute Gasteiger partial charge is 0.299 e. The maximum atomic E-state index is 6.53. The average Bonchev–Trinajstić information content (AvgIpc) is 2.65. The third kappa shape index (κ3) is 3.52. The fourth-order valence-corrected chi connectivity index (χ4v) is 3.70. The van der Waals surface area contributed by atoms with Crippen LogP contribution in [0.4, 0.5) is 5.82 Å². The molecule has 3 aromatic rings. The van der Waals surface area contributed by atoms with Crippen LogP contribution in [0, 0.1) is 0 Å². The van der Waals surface area contributed by atoms with Crippen molar-refractivity contribution in [1.29, 1.82) is 0 Å². The van der Waals surface area contributed by atoms with Crippen LogP contribution in [-0.4, -0.2) is 25.0 Å². The summed E-state index contributed by atoms with van der Waals surface area (Å²) in [5, 5.41) is 2.36. The van der Waals surface area contributed by atoms with Gasteiger partial charge in [-0.1, -0.05) is 53.5 Å². The third-order valence-corrected chi connectivity index (χ3v) is 5.30. The number of nitrogens with two attached hydrogens (primary N) is 1. The predicted molar refractivity (Wildman–Crippen MR) is 106 cm³/mol. The second-order valence-corrected chi connectivity index (χ2v) is 7.25. The first-order chi connectivity index (χ1) is 12.6. The number of aromatic nitrogens is 2. The molecule has 26 heavy (non-hydrogen) atoms. The highest BCUT2D eigenvalue weighted by Gasteiger charge is 2.22. The molecule has 0 aliphatic carbocycles. The monoisotopic (exact) mass is 390 g/mol. The van der Waals surface area contributed by atoms with E-state index in [1.165, 1.54) is 0 Å². The Labute approximate surface area is 162 Å². The molecular formula is C19H21ClN3O2S+. The Balaban J connectivity index is 2.21. The van der Waals surface area contributed by atoms with Crippen LogP contribution < -0.4 is 19.8 Å². The van der Waals surface area contributed by atoms with Crippen molar-refractivity contribution in [3.8, 4) is 11.5 Å². The number of nitrogen functional groups attached to an aromatic ring is 1. The largest absolute Gasteiger partial charge is 0.493 e. The number of fused-ring (bicyclic) bond motifs is 1. The van der Waals surface area contributed by atoms with Crippen LogP contribution in [0.15, 0.2) is 41.6 Å². The van der Waals surface area contributed by atoms with E-state index in [2.05, 4.69) is 6.92 Å². The van der Waals surface area contributed by atoms with E-state index in [-0.39, 0.29) is 0 Å². The molecule has 1 aromatic heterocycles. The van der Waals surface area contributed by atoms with Gasteiger partial charge in [-0.05, 0) is 6.07 Å². The fourth-order valence-electron chi connectivity index (χ4n) is 2.77. The second kappa shape index (κ2) is 8.01. The lowest BCUT2D eigenvalue weighted by atomic mass is 10.2. The Morgan fingerprint density at radius 1 is 1.15 bits per heavy atom. The molecule has 1 heterocycles. The lowest BCUT2D eigenvalue weighted by Crippen LogP contribution is -2.41. The number of halogens is 1. The van der Waals surface area contributed by atoms with Crippen molar-refractivity contribution in [2.45, 2.75) is 18.6 Å². The van der Waals surface area contributed by atoms with Crippen molar-refractivity contribution in [2.24, 2.45) is 0 Å². The summed E-state index contributed by atoms with van der Waals surface area (Å²) in [4.78, 5) is 4.80. The van der Waals surface area contributed by atoms with E-state index in [4.69, 9.17) is 31.8 Å². The topological polar surface area (TPSA) is 61.3 Å². The summed E-state index contributed by atoms with van der Waals surface area (Å²) in [5.41, 5.74) is 8.29. The van der Waals surface area contributed by atoms with Crippen LogP contribution in [-0.2, 0) is 6.54 Å². The molecule has 0 radical (unpaired) electrons. The summed E-state index contributed by atoms with van der Waals surface area (Å²) in [6.45, 7) is 2.63. The normalized spacial score (nSPS) is 10.9. The summed E-state index contributed by atoms with van der Waals surface area (Å²) in [6, 6.07) is 11.5. The molecule has 0 bridgehead atoms. The zero-order valence-electron chi connectivity index (χ0n) is 15.0. The van der Waals surface area contributed by atoms with E-state index in [0.717, 1.165) is 27.4 Å². The first-order valence-corrected chi connectivity index (χ1v) is 9.56. The first kappa shape index (κ1) is 18.6. The van der Waals surface area contributed by atoms with E-state index in [1.54, 1.807) is 26.0 Å². The van der Waals surface area contributed by atoms with E-state index in [9.17, 15) is 0 Å². The SMILES string of the molecule is CCSc1nc2cc(OC)c(OC)cc2c(N)[n+]1Cc1ccccc1Cl. The van der Waals surface area contributed by atoms with Crippen molar-refractivity contribution >= 4 is 40.1 Å². The maximum absolute atomic E-state index is 6.53. The quantitative estimate of drug-likeness (QED) is 0.392. The zero-order valence-corrected chi connectivity index (χ0v) is 16.5. The summed E-state index contributed by atoms with van der Waals surface area (Å²) < 4.78 is 12.8. The van der Waals surface area contributed by atoms with Gasteiger partial charge in [0, 0.05) is 28.5 Å². The van der Waals surface area contributed by atoms with E-state index < -0.39 is 0 Å².